The highest BCUT2D eigenvalue weighted by atomic mass is 15.1. The summed E-state index contributed by atoms with van der Waals surface area (Å²) in [7, 11) is 0. The van der Waals surface area contributed by atoms with Gasteiger partial charge in [0.2, 0.25) is 0 Å². The third-order valence-corrected chi connectivity index (χ3v) is 3.76. The van der Waals surface area contributed by atoms with Gasteiger partial charge in [-0.1, -0.05) is 54.1 Å². The van der Waals surface area contributed by atoms with Crippen molar-refractivity contribution >= 4 is 16.7 Å². The van der Waals surface area contributed by atoms with E-state index in [0.717, 1.165) is 28.1 Å². The molecule has 0 fully saturated rings. The second kappa shape index (κ2) is 6.02. The summed E-state index contributed by atoms with van der Waals surface area (Å²) in [6, 6.07) is 16.8. The van der Waals surface area contributed by atoms with Crippen LogP contribution in [0, 0.1) is 6.92 Å². The van der Waals surface area contributed by atoms with Crippen molar-refractivity contribution in [3.8, 4) is 11.4 Å². The van der Waals surface area contributed by atoms with Gasteiger partial charge in [-0.2, -0.15) is 0 Å². The summed E-state index contributed by atoms with van der Waals surface area (Å²) in [6.45, 7) is 6.20. The van der Waals surface area contributed by atoms with Gasteiger partial charge in [0.1, 0.15) is 5.82 Å². The Morgan fingerprint density at radius 3 is 2.41 bits per heavy atom. The first-order chi connectivity index (χ1) is 10.7. The Morgan fingerprint density at radius 1 is 1.00 bits per heavy atom. The van der Waals surface area contributed by atoms with Gasteiger partial charge in [0.05, 0.1) is 11.0 Å². The Balaban J connectivity index is 2.31. The van der Waals surface area contributed by atoms with Crippen molar-refractivity contribution in [2.75, 3.05) is 0 Å². The van der Waals surface area contributed by atoms with Crippen LogP contribution < -0.4 is 0 Å². The van der Waals surface area contributed by atoms with E-state index in [-0.39, 0.29) is 0 Å². The molecule has 0 N–H and O–H groups in total. The third-order valence-electron chi connectivity index (χ3n) is 3.76. The monoisotopic (exact) mass is 288 g/mol. The van der Waals surface area contributed by atoms with E-state index in [0.29, 0.717) is 0 Å². The summed E-state index contributed by atoms with van der Waals surface area (Å²) >= 11 is 0. The third kappa shape index (κ3) is 2.48. The van der Waals surface area contributed by atoms with Crippen molar-refractivity contribution < 1.29 is 0 Å². The molecule has 0 aliphatic heterocycles. The molecule has 22 heavy (non-hydrogen) atoms. The minimum atomic E-state index is 0.979. The first-order valence-electron chi connectivity index (χ1n) is 7.58. The SMILES string of the molecule is C/C=C\C(=C/C)n1c(-c2ccc(C)cc2)nc2ccccc21. The summed E-state index contributed by atoms with van der Waals surface area (Å²) in [5, 5.41) is 0. The van der Waals surface area contributed by atoms with E-state index in [1.54, 1.807) is 0 Å². The topological polar surface area (TPSA) is 17.8 Å². The minimum absolute atomic E-state index is 0.979. The van der Waals surface area contributed by atoms with Crippen LogP contribution in [0.1, 0.15) is 19.4 Å². The van der Waals surface area contributed by atoms with Gasteiger partial charge in [0, 0.05) is 11.3 Å². The van der Waals surface area contributed by atoms with Crippen LogP contribution in [0.5, 0.6) is 0 Å². The Hall–Kier alpha value is -2.61. The Morgan fingerprint density at radius 2 is 1.73 bits per heavy atom. The molecule has 0 aliphatic rings. The van der Waals surface area contributed by atoms with Crippen molar-refractivity contribution in [1.82, 2.24) is 9.55 Å². The average Bonchev–Trinajstić information content (AvgIpc) is 2.92. The molecule has 0 unspecified atom stereocenters. The first-order valence-corrected chi connectivity index (χ1v) is 7.58. The molecule has 0 saturated carbocycles. The van der Waals surface area contributed by atoms with E-state index in [1.165, 1.54) is 5.56 Å². The van der Waals surface area contributed by atoms with Crippen LogP contribution in [0.25, 0.3) is 28.1 Å². The number of nitrogens with zero attached hydrogens (tertiary/aromatic N) is 2. The second-order valence-corrected chi connectivity index (χ2v) is 5.34. The van der Waals surface area contributed by atoms with E-state index >= 15 is 0 Å². The Bertz CT molecular complexity index is 849. The molecular weight excluding hydrogens is 268 g/mol. The molecular formula is C20H20N2. The zero-order valence-electron chi connectivity index (χ0n) is 13.2. The number of para-hydroxylation sites is 2. The average molecular weight is 288 g/mol. The number of allylic oxidation sites excluding steroid dienone is 4. The number of hydrogen-bond donors (Lipinski definition) is 0. The lowest BCUT2D eigenvalue weighted by atomic mass is 10.1. The minimum Gasteiger partial charge on any atom is -0.293 e. The molecule has 1 aromatic heterocycles. The molecule has 0 amide bonds. The molecule has 3 aromatic rings. The fraction of sp³-hybridized carbons (Fsp3) is 0.150. The van der Waals surface area contributed by atoms with Crippen LogP contribution in [-0.2, 0) is 0 Å². The van der Waals surface area contributed by atoms with Crippen molar-refractivity contribution in [2.45, 2.75) is 20.8 Å². The lowest BCUT2D eigenvalue weighted by molar-refractivity contribution is 1.14. The zero-order chi connectivity index (χ0) is 15.5. The maximum absolute atomic E-state index is 4.85. The van der Waals surface area contributed by atoms with Crippen molar-refractivity contribution in [1.29, 1.82) is 0 Å². The molecule has 2 nitrogen and oxygen atoms in total. The smallest absolute Gasteiger partial charge is 0.145 e. The van der Waals surface area contributed by atoms with E-state index in [1.807, 2.05) is 13.0 Å². The number of fused-ring (bicyclic) bond motifs is 1. The van der Waals surface area contributed by atoms with Gasteiger partial charge in [-0.25, -0.2) is 4.98 Å². The van der Waals surface area contributed by atoms with Crippen LogP contribution in [0.2, 0.25) is 0 Å². The molecule has 0 atom stereocenters. The van der Waals surface area contributed by atoms with E-state index in [9.17, 15) is 0 Å². The molecule has 0 saturated heterocycles. The molecule has 0 radical (unpaired) electrons. The van der Waals surface area contributed by atoms with E-state index in [4.69, 9.17) is 4.98 Å². The normalized spacial score (nSPS) is 12.4. The van der Waals surface area contributed by atoms with Crippen LogP contribution in [0.15, 0.2) is 66.8 Å². The predicted molar refractivity (Wildman–Crippen MR) is 94.7 cm³/mol. The fourth-order valence-electron chi connectivity index (χ4n) is 2.65. The highest BCUT2D eigenvalue weighted by molar-refractivity contribution is 5.86. The molecule has 0 spiro atoms. The number of benzene rings is 2. The zero-order valence-corrected chi connectivity index (χ0v) is 13.2. The van der Waals surface area contributed by atoms with Gasteiger partial charge in [-0.3, -0.25) is 4.57 Å². The molecule has 1 heterocycles. The van der Waals surface area contributed by atoms with Gasteiger partial charge in [0.25, 0.3) is 0 Å². The van der Waals surface area contributed by atoms with Crippen LogP contribution >= 0.6 is 0 Å². The Kier molecular flexibility index (Phi) is 3.92. The highest BCUT2D eigenvalue weighted by Crippen LogP contribution is 2.28. The summed E-state index contributed by atoms with van der Waals surface area (Å²) in [5.41, 5.74) is 5.66. The molecule has 2 aromatic carbocycles. The lowest BCUT2D eigenvalue weighted by Crippen LogP contribution is -1.98. The van der Waals surface area contributed by atoms with Gasteiger partial charge < -0.3 is 0 Å². The number of hydrogen-bond acceptors (Lipinski definition) is 1. The standard InChI is InChI=1S/C20H20N2/c1-4-8-17(5-2)22-19-10-7-6-9-18(19)21-20(22)16-13-11-15(3)12-14-16/h4-14H,1-3H3/b8-4-,17-5+. The predicted octanol–water partition coefficient (Wildman–Crippen LogP) is 5.45. The quantitative estimate of drug-likeness (QED) is 0.586. The highest BCUT2D eigenvalue weighted by Gasteiger charge is 2.13. The molecule has 0 bridgehead atoms. The Labute approximate surface area is 131 Å². The number of aromatic nitrogens is 2. The summed E-state index contributed by atoms with van der Waals surface area (Å²) < 4.78 is 2.22. The number of aryl methyl sites for hydroxylation is 1. The number of imidazole rings is 1. The van der Waals surface area contributed by atoms with Crippen LogP contribution in [0.3, 0.4) is 0 Å². The molecule has 2 heteroatoms. The summed E-state index contributed by atoms with van der Waals surface area (Å²) in [5.74, 6) is 0.979. The van der Waals surface area contributed by atoms with Crippen LogP contribution in [0.4, 0.5) is 0 Å². The summed E-state index contributed by atoms with van der Waals surface area (Å²) in [6.07, 6.45) is 6.29. The fourth-order valence-corrected chi connectivity index (χ4v) is 2.65. The van der Waals surface area contributed by atoms with Gasteiger partial charge in [-0.15, -0.1) is 0 Å². The maximum Gasteiger partial charge on any atom is 0.145 e. The van der Waals surface area contributed by atoms with Gasteiger partial charge in [-0.05, 0) is 39.0 Å². The largest absolute Gasteiger partial charge is 0.293 e. The number of rotatable bonds is 3. The molecule has 0 aliphatic carbocycles. The summed E-state index contributed by atoms with van der Waals surface area (Å²) in [4.78, 5) is 4.85. The van der Waals surface area contributed by atoms with Crippen molar-refractivity contribution in [3.05, 3.63) is 72.3 Å². The van der Waals surface area contributed by atoms with E-state index in [2.05, 4.69) is 79.1 Å². The van der Waals surface area contributed by atoms with E-state index < -0.39 is 0 Å². The van der Waals surface area contributed by atoms with Crippen molar-refractivity contribution in [2.24, 2.45) is 0 Å². The maximum atomic E-state index is 4.85. The first kappa shape index (κ1) is 14.3. The lowest BCUT2D eigenvalue weighted by Gasteiger charge is -2.10. The van der Waals surface area contributed by atoms with Gasteiger partial charge >= 0.3 is 0 Å². The van der Waals surface area contributed by atoms with Gasteiger partial charge in [0.15, 0.2) is 0 Å². The van der Waals surface area contributed by atoms with Crippen LogP contribution in [-0.4, -0.2) is 9.55 Å². The second-order valence-electron chi connectivity index (χ2n) is 5.34. The molecule has 110 valence electrons. The van der Waals surface area contributed by atoms with Crippen molar-refractivity contribution in [3.63, 3.8) is 0 Å². The molecule has 3 rings (SSSR count).